The highest BCUT2D eigenvalue weighted by molar-refractivity contribution is 5.99. The Morgan fingerprint density at radius 2 is 1.80 bits per heavy atom. The molecule has 2 amide bonds. The molecular formula is C27H40N4O4. The number of nitrogens with one attached hydrogen (secondary N) is 1. The SMILES string of the molecule is CCCN1CCN(c2ccc(C(=O)N[C@H](C(=O)N3C[C@@H](C)[C@H]4OCC(=O)[C@H]43)[C@@H](C)CC)cc2)CC1. The van der Waals surface area contributed by atoms with Gasteiger partial charge in [0.1, 0.15) is 18.7 Å². The summed E-state index contributed by atoms with van der Waals surface area (Å²) in [6, 6.07) is 6.45. The van der Waals surface area contributed by atoms with Crippen molar-refractivity contribution in [2.75, 3.05) is 50.8 Å². The van der Waals surface area contributed by atoms with Crippen molar-refractivity contribution >= 4 is 23.3 Å². The van der Waals surface area contributed by atoms with Crippen LogP contribution in [0.15, 0.2) is 24.3 Å². The van der Waals surface area contributed by atoms with E-state index in [1.165, 1.54) is 6.42 Å². The Kier molecular flexibility index (Phi) is 8.12. The second kappa shape index (κ2) is 11.1. The highest BCUT2D eigenvalue weighted by Gasteiger charge is 2.51. The maximum Gasteiger partial charge on any atom is 0.251 e. The molecule has 1 aromatic carbocycles. The number of piperazine rings is 1. The zero-order valence-corrected chi connectivity index (χ0v) is 21.5. The number of fused-ring (bicyclic) bond motifs is 1. The van der Waals surface area contributed by atoms with Crippen molar-refractivity contribution in [3.63, 3.8) is 0 Å². The number of ether oxygens (including phenoxy) is 1. The molecule has 0 aromatic heterocycles. The van der Waals surface area contributed by atoms with E-state index >= 15 is 0 Å². The van der Waals surface area contributed by atoms with Crippen LogP contribution in [-0.2, 0) is 14.3 Å². The highest BCUT2D eigenvalue weighted by atomic mass is 16.5. The molecule has 5 atom stereocenters. The molecule has 0 spiro atoms. The van der Waals surface area contributed by atoms with E-state index < -0.39 is 12.1 Å². The van der Waals surface area contributed by atoms with Crippen LogP contribution in [0.3, 0.4) is 0 Å². The van der Waals surface area contributed by atoms with Crippen LogP contribution in [-0.4, -0.2) is 91.5 Å². The number of likely N-dealkylation sites (tertiary alicyclic amines) is 1. The molecule has 4 rings (SSSR count). The number of nitrogens with zero attached hydrogens (tertiary/aromatic N) is 3. The van der Waals surface area contributed by atoms with Crippen molar-refractivity contribution < 1.29 is 19.1 Å². The summed E-state index contributed by atoms with van der Waals surface area (Å²) in [6.07, 6.45) is 1.67. The van der Waals surface area contributed by atoms with Crippen LogP contribution in [0.5, 0.6) is 0 Å². The standard InChI is InChI=1S/C27H40N4O4/c1-5-11-29-12-14-30(15-13-29)21-9-7-20(8-10-21)26(33)28-23(18(3)6-2)27(34)31-16-19(4)25-24(31)22(32)17-35-25/h7-10,18-19,23-25H,5-6,11-17H2,1-4H3,(H,28,33)/t18-,19+,23-,24+,25+/m0/s1. The van der Waals surface area contributed by atoms with Crippen LogP contribution >= 0.6 is 0 Å². The monoisotopic (exact) mass is 484 g/mol. The van der Waals surface area contributed by atoms with Crippen LogP contribution in [0.2, 0.25) is 0 Å². The average molecular weight is 485 g/mol. The third-order valence-corrected chi connectivity index (χ3v) is 7.90. The summed E-state index contributed by atoms with van der Waals surface area (Å²) in [6.45, 7) is 13.9. The molecule has 8 heteroatoms. The van der Waals surface area contributed by atoms with E-state index in [1.54, 1.807) is 4.90 Å². The maximum atomic E-state index is 13.6. The lowest BCUT2D eigenvalue weighted by Gasteiger charge is -2.36. The second-order valence-corrected chi connectivity index (χ2v) is 10.4. The van der Waals surface area contributed by atoms with Crippen molar-refractivity contribution in [3.8, 4) is 0 Å². The molecule has 8 nitrogen and oxygen atoms in total. The van der Waals surface area contributed by atoms with Gasteiger partial charge in [-0.3, -0.25) is 19.3 Å². The van der Waals surface area contributed by atoms with Gasteiger partial charge >= 0.3 is 0 Å². The molecule has 3 heterocycles. The van der Waals surface area contributed by atoms with E-state index in [4.69, 9.17) is 4.74 Å². The number of anilines is 1. The van der Waals surface area contributed by atoms with E-state index in [9.17, 15) is 14.4 Å². The molecule has 192 valence electrons. The predicted molar refractivity (Wildman–Crippen MR) is 136 cm³/mol. The Hall–Kier alpha value is -2.45. The first kappa shape index (κ1) is 25.6. The summed E-state index contributed by atoms with van der Waals surface area (Å²) in [7, 11) is 0. The normalized spacial score (nSPS) is 26.5. The molecule has 0 saturated carbocycles. The number of benzene rings is 1. The lowest BCUT2D eigenvalue weighted by Crippen LogP contribution is -2.54. The van der Waals surface area contributed by atoms with Gasteiger partial charge in [0.05, 0.1) is 6.10 Å². The maximum absolute atomic E-state index is 13.6. The van der Waals surface area contributed by atoms with Gasteiger partial charge in [0.15, 0.2) is 5.78 Å². The molecule has 3 aliphatic rings. The number of rotatable bonds is 8. The van der Waals surface area contributed by atoms with E-state index in [0.717, 1.165) is 44.8 Å². The summed E-state index contributed by atoms with van der Waals surface area (Å²) in [5.41, 5.74) is 1.65. The summed E-state index contributed by atoms with van der Waals surface area (Å²) in [4.78, 5) is 45.6. The second-order valence-electron chi connectivity index (χ2n) is 10.4. The number of amides is 2. The molecule has 1 N–H and O–H groups in total. The molecule has 0 aliphatic carbocycles. The van der Waals surface area contributed by atoms with Crippen molar-refractivity contribution in [1.82, 2.24) is 15.1 Å². The summed E-state index contributed by atoms with van der Waals surface area (Å²) in [5, 5.41) is 2.99. The van der Waals surface area contributed by atoms with Gasteiger partial charge in [0, 0.05) is 49.9 Å². The van der Waals surface area contributed by atoms with Gasteiger partial charge in [-0.2, -0.15) is 0 Å². The van der Waals surface area contributed by atoms with Gasteiger partial charge in [-0.05, 0) is 43.1 Å². The summed E-state index contributed by atoms with van der Waals surface area (Å²) in [5.74, 6) is -0.460. The Labute approximate surface area is 209 Å². The molecule has 3 saturated heterocycles. The van der Waals surface area contributed by atoms with E-state index in [2.05, 4.69) is 22.0 Å². The first-order chi connectivity index (χ1) is 16.8. The predicted octanol–water partition coefficient (Wildman–Crippen LogP) is 2.18. The van der Waals surface area contributed by atoms with Crippen LogP contribution in [0.4, 0.5) is 5.69 Å². The quantitative estimate of drug-likeness (QED) is 0.609. The number of Topliss-reactive ketones (excluding diaryl/α,β-unsaturated/α-hetero) is 1. The van der Waals surface area contributed by atoms with Crippen molar-refractivity contribution in [1.29, 1.82) is 0 Å². The third-order valence-electron chi connectivity index (χ3n) is 7.90. The third kappa shape index (κ3) is 5.38. The molecule has 35 heavy (non-hydrogen) atoms. The molecule has 3 aliphatic heterocycles. The lowest BCUT2D eigenvalue weighted by molar-refractivity contribution is -0.139. The molecule has 1 aromatic rings. The minimum Gasteiger partial charge on any atom is -0.369 e. The zero-order chi connectivity index (χ0) is 25.1. The Bertz CT molecular complexity index is 912. The van der Waals surface area contributed by atoms with Gasteiger partial charge < -0.3 is 19.9 Å². The van der Waals surface area contributed by atoms with Gasteiger partial charge in [0.2, 0.25) is 5.91 Å². The lowest BCUT2D eigenvalue weighted by atomic mass is 9.96. The topological polar surface area (TPSA) is 82.2 Å². The van der Waals surface area contributed by atoms with Crippen molar-refractivity contribution in [3.05, 3.63) is 29.8 Å². The van der Waals surface area contributed by atoms with Gasteiger partial charge in [-0.15, -0.1) is 0 Å². The van der Waals surface area contributed by atoms with Gasteiger partial charge in [0.25, 0.3) is 5.91 Å². The fourth-order valence-electron chi connectivity index (χ4n) is 5.58. The largest absolute Gasteiger partial charge is 0.369 e. The fraction of sp³-hybridized carbons (Fsp3) is 0.667. The van der Waals surface area contributed by atoms with Crippen LogP contribution in [0.25, 0.3) is 0 Å². The molecular weight excluding hydrogens is 444 g/mol. The van der Waals surface area contributed by atoms with Crippen molar-refractivity contribution in [2.24, 2.45) is 11.8 Å². The van der Waals surface area contributed by atoms with Crippen LogP contribution < -0.4 is 10.2 Å². The Morgan fingerprint density at radius 1 is 1.11 bits per heavy atom. The van der Waals surface area contributed by atoms with Gasteiger partial charge in [-0.1, -0.05) is 34.1 Å². The number of carbonyl (C=O) groups is 3. The molecule has 3 fully saturated rings. The summed E-state index contributed by atoms with van der Waals surface area (Å²) >= 11 is 0. The summed E-state index contributed by atoms with van der Waals surface area (Å²) < 4.78 is 5.64. The fourth-order valence-corrected chi connectivity index (χ4v) is 5.58. The minimum atomic E-state index is -0.682. The van der Waals surface area contributed by atoms with E-state index in [-0.39, 0.29) is 42.1 Å². The Balaban J connectivity index is 1.42. The number of ketones is 1. The first-order valence-corrected chi connectivity index (χ1v) is 13.2. The zero-order valence-electron chi connectivity index (χ0n) is 21.5. The minimum absolute atomic E-state index is 0.0481. The van der Waals surface area contributed by atoms with Crippen molar-refractivity contribution in [2.45, 2.75) is 58.7 Å². The first-order valence-electron chi connectivity index (χ1n) is 13.2. The van der Waals surface area contributed by atoms with Gasteiger partial charge in [-0.25, -0.2) is 0 Å². The van der Waals surface area contributed by atoms with E-state index in [1.807, 2.05) is 45.0 Å². The Morgan fingerprint density at radius 3 is 2.43 bits per heavy atom. The molecule has 0 bridgehead atoms. The van der Waals surface area contributed by atoms with E-state index in [0.29, 0.717) is 12.1 Å². The number of hydrogen-bond acceptors (Lipinski definition) is 6. The smallest absolute Gasteiger partial charge is 0.251 e. The number of hydrogen-bond donors (Lipinski definition) is 1. The van der Waals surface area contributed by atoms with Crippen LogP contribution in [0, 0.1) is 11.8 Å². The number of carbonyl (C=O) groups excluding carboxylic acids is 3. The highest BCUT2D eigenvalue weighted by Crippen LogP contribution is 2.32. The molecule has 0 radical (unpaired) electrons. The van der Waals surface area contributed by atoms with Crippen LogP contribution in [0.1, 0.15) is 50.9 Å². The average Bonchev–Trinajstić information content (AvgIpc) is 3.42. The molecule has 0 unspecified atom stereocenters.